The zero-order valence-corrected chi connectivity index (χ0v) is 12.0. The molecule has 0 aliphatic heterocycles. The minimum atomic E-state index is -0.244. The summed E-state index contributed by atoms with van der Waals surface area (Å²) in [6.45, 7) is 0. The lowest BCUT2D eigenvalue weighted by atomic mass is 10.2. The predicted octanol–water partition coefficient (Wildman–Crippen LogP) is 3.04. The molecule has 4 nitrogen and oxygen atoms in total. The maximum atomic E-state index is 11.9. The van der Waals surface area contributed by atoms with Gasteiger partial charge in [-0.2, -0.15) is 0 Å². The average molecular weight is 298 g/mol. The SMILES string of the molecule is NC(=S)c1ccc(Cl)cc1NC(=O)NC1CCCC1. The number of amides is 2. The first-order valence-electron chi connectivity index (χ1n) is 6.23. The number of hydrogen-bond acceptors (Lipinski definition) is 2. The number of carbonyl (C=O) groups is 1. The third kappa shape index (κ3) is 3.81. The Bertz CT molecular complexity index is 501. The molecule has 2 amide bonds. The minimum absolute atomic E-state index is 0.229. The lowest BCUT2D eigenvalue weighted by Gasteiger charge is -2.15. The highest BCUT2D eigenvalue weighted by atomic mass is 35.5. The predicted molar refractivity (Wildman–Crippen MR) is 81.7 cm³/mol. The van der Waals surface area contributed by atoms with E-state index in [-0.39, 0.29) is 17.1 Å². The van der Waals surface area contributed by atoms with Gasteiger partial charge in [0.05, 0.1) is 5.69 Å². The van der Waals surface area contributed by atoms with Crippen LogP contribution in [0.15, 0.2) is 18.2 Å². The molecule has 1 fully saturated rings. The van der Waals surface area contributed by atoms with Gasteiger partial charge in [0.2, 0.25) is 0 Å². The summed E-state index contributed by atoms with van der Waals surface area (Å²) in [6.07, 6.45) is 4.40. The van der Waals surface area contributed by atoms with E-state index in [4.69, 9.17) is 29.6 Å². The Morgan fingerprint density at radius 1 is 1.37 bits per heavy atom. The molecule has 2 rings (SSSR count). The van der Waals surface area contributed by atoms with E-state index in [2.05, 4.69) is 10.6 Å². The van der Waals surface area contributed by atoms with E-state index in [0.717, 1.165) is 12.8 Å². The normalized spacial score (nSPS) is 15.2. The van der Waals surface area contributed by atoms with E-state index < -0.39 is 0 Å². The number of rotatable bonds is 3. The molecule has 1 saturated carbocycles. The van der Waals surface area contributed by atoms with Crippen molar-refractivity contribution in [2.45, 2.75) is 31.7 Å². The van der Waals surface area contributed by atoms with E-state index >= 15 is 0 Å². The number of nitrogens with two attached hydrogens (primary N) is 1. The molecule has 19 heavy (non-hydrogen) atoms. The van der Waals surface area contributed by atoms with Crippen LogP contribution in [0.5, 0.6) is 0 Å². The summed E-state index contributed by atoms with van der Waals surface area (Å²) in [7, 11) is 0. The molecule has 6 heteroatoms. The molecule has 102 valence electrons. The second kappa shape index (κ2) is 6.21. The maximum absolute atomic E-state index is 11.9. The van der Waals surface area contributed by atoms with E-state index in [0.29, 0.717) is 16.3 Å². The van der Waals surface area contributed by atoms with Crippen LogP contribution in [0.1, 0.15) is 31.2 Å². The van der Waals surface area contributed by atoms with Crippen LogP contribution in [0.25, 0.3) is 0 Å². The second-order valence-corrected chi connectivity index (χ2v) is 5.51. The first kappa shape index (κ1) is 14.1. The molecule has 0 aromatic heterocycles. The molecule has 1 aliphatic carbocycles. The molecule has 0 heterocycles. The van der Waals surface area contributed by atoms with Gasteiger partial charge in [-0.1, -0.05) is 36.7 Å². The molecular formula is C13H16ClN3OS. The van der Waals surface area contributed by atoms with Gasteiger partial charge in [0.15, 0.2) is 0 Å². The first-order valence-corrected chi connectivity index (χ1v) is 7.02. The Morgan fingerprint density at radius 2 is 2.05 bits per heavy atom. The Hall–Kier alpha value is -1.33. The summed E-state index contributed by atoms with van der Waals surface area (Å²) in [5.74, 6) is 0. The number of hydrogen-bond donors (Lipinski definition) is 3. The Kier molecular flexibility index (Phi) is 4.61. The molecule has 0 saturated heterocycles. The van der Waals surface area contributed by atoms with Crippen LogP contribution in [0.4, 0.5) is 10.5 Å². The minimum Gasteiger partial charge on any atom is -0.389 e. The van der Waals surface area contributed by atoms with Crippen LogP contribution in [0.2, 0.25) is 5.02 Å². The van der Waals surface area contributed by atoms with E-state index in [9.17, 15) is 4.79 Å². The van der Waals surface area contributed by atoms with Crippen LogP contribution in [0, 0.1) is 0 Å². The van der Waals surface area contributed by atoms with Crippen LogP contribution >= 0.6 is 23.8 Å². The Morgan fingerprint density at radius 3 is 2.68 bits per heavy atom. The highest BCUT2D eigenvalue weighted by molar-refractivity contribution is 7.80. The van der Waals surface area contributed by atoms with Gasteiger partial charge in [-0.05, 0) is 31.0 Å². The summed E-state index contributed by atoms with van der Waals surface area (Å²) in [4.78, 5) is 12.1. The fourth-order valence-corrected chi connectivity index (χ4v) is 2.60. The molecule has 1 aliphatic rings. The molecule has 0 radical (unpaired) electrons. The average Bonchev–Trinajstić information content (AvgIpc) is 2.81. The number of carbonyl (C=O) groups excluding carboxylic acids is 1. The van der Waals surface area contributed by atoms with Gasteiger partial charge in [0.1, 0.15) is 4.99 Å². The fraction of sp³-hybridized carbons (Fsp3) is 0.385. The van der Waals surface area contributed by atoms with Crippen molar-refractivity contribution < 1.29 is 4.79 Å². The van der Waals surface area contributed by atoms with E-state index in [1.807, 2.05) is 0 Å². The smallest absolute Gasteiger partial charge is 0.319 e. The Balaban J connectivity index is 2.06. The number of benzene rings is 1. The number of halogens is 1. The lowest BCUT2D eigenvalue weighted by molar-refractivity contribution is 0.248. The molecule has 0 unspecified atom stereocenters. The monoisotopic (exact) mass is 297 g/mol. The van der Waals surface area contributed by atoms with Gasteiger partial charge in [0, 0.05) is 16.6 Å². The van der Waals surface area contributed by atoms with Crippen molar-refractivity contribution in [2.75, 3.05) is 5.32 Å². The summed E-state index contributed by atoms with van der Waals surface area (Å²) in [5, 5.41) is 6.22. The zero-order chi connectivity index (χ0) is 13.8. The van der Waals surface area contributed by atoms with Gasteiger partial charge < -0.3 is 16.4 Å². The molecule has 1 aromatic rings. The number of urea groups is 1. The molecule has 0 atom stereocenters. The summed E-state index contributed by atoms with van der Waals surface area (Å²) < 4.78 is 0. The van der Waals surface area contributed by atoms with Crippen molar-refractivity contribution in [1.29, 1.82) is 0 Å². The Labute approximate surface area is 122 Å². The van der Waals surface area contributed by atoms with Gasteiger partial charge in [-0.15, -0.1) is 0 Å². The van der Waals surface area contributed by atoms with Crippen molar-refractivity contribution in [3.8, 4) is 0 Å². The summed E-state index contributed by atoms with van der Waals surface area (Å²) in [5.41, 5.74) is 6.77. The van der Waals surface area contributed by atoms with Crippen molar-refractivity contribution in [3.63, 3.8) is 0 Å². The third-order valence-corrected chi connectivity index (χ3v) is 3.64. The number of nitrogens with one attached hydrogen (secondary N) is 2. The van der Waals surface area contributed by atoms with Crippen LogP contribution < -0.4 is 16.4 Å². The van der Waals surface area contributed by atoms with Crippen molar-refractivity contribution >= 4 is 40.5 Å². The molecule has 1 aromatic carbocycles. The van der Waals surface area contributed by atoms with Crippen molar-refractivity contribution in [1.82, 2.24) is 5.32 Å². The van der Waals surface area contributed by atoms with Gasteiger partial charge in [0.25, 0.3) is 0 Å². The first-order chi connectivity index (χ1) is 9.06. The van der Waals surface area contributed by atoms with Crippen LogP contribution in [0.3, 0.4) is 0 Å². The van der Waals surface area contributed by atoms with E-state index in [1.54, 1.807) is 18.2 Å². The van der Waals surface area contributed by atoms with E-state index in [1.165, 1.54) is 12.8 Å². The second-order valence-electron chi connectivity index (χ2n) is 4.63. The highest BCUT2D eigenvalue weighted by Crippen LogP contribution is 2.22. The van der Waals surface area contributed by atoms with Gasteiger partial charge in [-0.3, -0.25) is 0 Å². The molecule has 0 bridgehead atoms. The fourth-order valence-electron chi connectivity index (χ4n) is 2.25. The summed E-state index contributed by atoms with van der Waals surface area (Å²) in [6, 6.07) is 5.05. The summed E-state index contributed by atoms with van der Waals surface area (Å²) >= 11 is 10.9. The molecule has 0 spiro atoms. The van der Waals surface area contributed by atoms with Gasteiger partial charge >= 0.3 is 6.03 Å². The van der Waals surface area contributed by atoms with Crippen molar-refractivity contribution in [2.24, 2.45) is 5.73 Å². The van der Waals surface area contributed by atoms with Crippen LogP contribution in [-0.2, 0) is 0 Å². The van der Waals surface area contributed by atoms with Gasteiger partial charge in [-0.25, -0.2) is 4.79 Å². The van der Waals surface area contributed by atoms with Crippen molar-refractivity contribution in [3.05, 3.63) is 28.8 Å². The van der Waals surface area contributed by atoms with Crippen LogP contribution in [-0.4, -0.2) is 17.1 Å². The zero-order valence-electron chi connectivity index (χ0n) is 10.4. The quantitative estimate of drug-likeness (QED) is 0.751. The standard InChI is InChI=1S/C13H16ClN3OS/c14-8-5-6-10(12(15)19)11(7-8)17-13(18)16-9-3-1-2-4-9/h5-7,9H,1-4H2,(H2,15,19)(H2,16,17,18). The molecule has 4 N–H and O–H groups in total. The lowest BCUT2D eigenvalue weighted by Crippen LogP contribution is -2.36. The third-order valence-electron chi connectivity index (χ3n) is 3.19. The molecular weight excluding hydrogens is 282 g/mol. The maximum Gasteiger partial charge on any atom is 0.319 e. The largest absolute Gasteiger partial charge is 0.389 e. The topological polar surface area (TPSA) is 67.1 Å². The number of thiocarbonyl (C=S) groups is 1. The number of anilines is 1. The highest BCUT2D eigenvalue weighted by Gasteiger charge is 2.17.